The van der Waals surface area contributed by atoms with Crippen LogP contribution in [-0.4, -0.2) is 27.0 Å². The van der Waals surface area contributed by atoms with Crippen molar-refractivity contribution < 1.29 is 19.1 Å². The Morgan fingerprint density at radius 2 is 2.00 bits per heavy atom. The van der Waals surface area contributed by atoms with Crippen LogP contribution in [0.2, 0.25) is 0 Å². The number of carbonyl (C=O) groups excluding carboxylic acids is 1. The molecule has 0 bridgehead atoms. The number of nitrogens with one attached hydrogen (secondary N) is 1. The molecule has 1 fully saturated rings. The number of amides is 1. The van der Waals surface area contributed by atoms with Crippen molar-refractivity contribution in [1.82, 2.24) is 9.97 Å². The van der Waals surface area contributed by atoms with Gasteiger partial charge in [-0.15, -0.1) is 0 Å². The molecule has 2 heterocycles. The van der Waals surface area contributed by atoms with Gasteiger partial charge in [-0.2, -0.15) is 0 Å². The van der Waals surface area contributed by atoms with Crippen molar-refractivity contribution in [3.63, 3.8) is 0 Å². The average Bonchev–Trinajstić information content (AvgIpc) is 2.47. The molecule has 1 aliphatic rings. The first-order valence-corrected chi connectivity index (χ1v) is 7.13. The van der Waals surface area contributed by atoms with Crippen molar-refractivity contribution in [3.05, 3.63) is 53.7 Å². The summed E-state index contributed by atoms with van der Waals surface area (Å²) in [5.74, 6) is -1.72. The highest BCUT2D eigenvalue weighted by Crippen LogP contribution is 2.43. The number of halogens is 1. The van der Waals surface area contributed by atoms with E-state index in [0.717, 1.165) is 18.7 Å². The lowest BCUT2D eigenvalue weighted by atomic mass is 9.65. The fraction of sp³-hybridized carbons (Fsp3) is 0.250. The van der Waals surface area contributed by atoms with Crippen LogP contribution in [0.1, 0.15) is 35.2 Å². The maximum atomic E-state index is 13.1. The molecule has 1 saturated carbocycles. The maximum absolute atomic E-state index is 13.1. The van der Waals surface area contributed by atoms with Crippen LogP contribution in [0, 0.1) is 5.82 Å². The van der Waals surface area contributed by atoms with Gasteiger partial charge in [0, 0.05) is 12.4 Å². The molecule has 0 spiro atoms. The largest absolute Gasteiger partial charge is 0.481 e. The number of carbonyl (C=O) groups is 2. The monoisotopic (exact) mass is 315 g/mol. The van der Waals surface area contributed by atoms with Crippen LogP contribution in [0.4, 0.5) is 10.2 Å². The van der Waals surface area contributed by atoms with Crippen LogP contribution in [0.3, 0.4) is 0 Å². The van der Waals surface area contributed by atoms with E-state index in [9.17, 15) is 19.1 Å². The second-order valence-corrected chi connectivity index (χ2v) is 5.52. The number of aliphatic carboxylic acids is 1. The van der Waals surface area contributed by atoms with Crippen molar-refractivity contribution in [3.8, 4) is 0 Å². The predicted octanol–water partition coefficient (Wildman–Crippen LogP) is 2.37. The fourth-order valence-electron chi connectivity index (χ4n) is 2.63. The molecule has 0 aliphatic heterocycles. The molecule has 118 valence electrons. The third kappa shape index (κ3) is 2.77. The molecule has 6 nitrogen and oxygen atoms in total. The number of carboxylic acid groups (broad SMARTS) is 1. The zero-order valence-electron chi connectivity index (χ0n) is 12.1. The molecule has 1 amide bonds. The lowest BCUT2D eigenvalue weighted by molar-refractivity contribution is -0.147. The van der Waals surface area contributed by atoms with E-state index >= 15 is 0 Å². The summed E-state index contributed by atoms with van der Waals surface area (Å²) in [6.07, 6.45) is 5.77. The first-order valence-electron chi connectivity index (χ1n) is 7.13. The number of hydrogen-bond donors (Lipinski definition) is 2. The number of carboxylic acids is 1. The zero-order chi connectivity index (χ0) is 16.4. The third-order valence-corrected chi connectivity index (χ3v) is 4.14. The van der Waals surface area contributed by atoms with Crippen molar-refractivity contribution in [2.45, 2.75) is 24.7 Å². The van der Waals surface area contributed by atoms with Crippen LogP contribution < -0.4 is 5.32 Å². The van der Waals surface area contributed by atoms with E-state index in [-0.39, 0.29) is 11.4 Å². The van der Waals surface area contributed by atoms with E-state index in [1.165, 1.54) is 12.4 Å². The Morgan fingerprint density at radius 3 is 2.52 bits per heavy atom. The molecule has 0 unspecified atom stereocenters. The van der Waals surface area contributed by atoms with Gasteiger partial charge < -0.3 is 10.4 Å². The topological polar surface area (TPSA) is 92.2 Å². The highest BCUT2D eigenvalue weighted by Gasteiger charge is 2.46. The number of aromatic nitrogens is 2. The second kappa shape index (κ2) is 5.75. The quantitative estimate of drug-likeness (QED) is 0.903. The molecular weight excluding hydrogens is 301 g/mol. The molecule has 23 heavy (non-hydrogen) atoms. The van der Waals surface area contributed by atoms with Gasteiger partial charge in [0.1, 0.15) is 11.6 Å². The third-order valence-electron chi connectivity index (χ3n) is 4.14. The van der Waals surface area contributed by atoms with Crippen LogP contribution in [0.15, 0.2) is 36.8 Å². The van der Waals surface area contributed by atoms with E-state index in [0.29, 0.717) is 18.4 Å². The molecule has 0 saturated heterocycles. The van der Waals surface area contributed by atoms with Crippen LogP contribution in [0.25, 0.3) is 0 Å². The van der Waals surface area contributed by atoms with Gasteiger partial charge in [-0.05, 0) is 30.5 Å². The first-order chi connectivity index (χ1) is 11.0. The second-order valence-electron chi connectivity index (χ2n) is 5.52. The minimum absolute atomic E-state index is 0.0804. The van der Waals surface area contributed by atoms with E-state index in [1.54, 1.807) is 12.1 Å². The van der Waals surface area contributed by atoms with Gasteiger partial charge in [0.25, 0.3) is 5.91 Å². The molecule has 1 aliphatic carbocycles. The summed E-state index contributed by atoms with van der Waals surface area (Å²) in [6.45, 7) is 0. The standard InChI is InChI=1S/C16H14FN3O3/c17-12-6-10(7-18-9-12)14(21)20-13-3-2-11(8-19-13)16(15(22)23)4-1-5-16/h2-3,6-9H,1,4-5H2,(H,22,23)(H,19,20,21). The van der Waals surface area contributed by atoms with Crippen LogP contribution in [0.5, 0.6) is 0 Å². The normalized spacial score (nSPS) is 15.5. The number of pyridine rings is 2. The Kier molecular flexibility index (Phi) is 3.77. The van der Waals surface area contributed by atoms with E-state index in [4.69, 9.17) is 0 Å². The lowest BCUT2D eigenvalue weighted by Gasteiger charge is -2.37. The van der Waals surface area contributed by atoms with Gasteiger partial charge in [-0.1, -0.05) is 12.5 Å². The Labute approximate surface area is 131 Å². The molecule has 0 radical (unpaired) electrons. The Bertz CT molecular complexity index is 757. The van der Waals surface area contributed by atoms with Crippen molar-refractivity contribution in [1.29, 1.82) is 0 Å². The molecule has 2 aromatic heterocycles. The van der Waals surface area contributed by atoms with Gasteiger partial charge in [-0.25, -0.2) is 9.37 Å². The molecule has 7 heteroatoms. The smallest absolute Gasteiger partial charge is 0.314 e. The first kappa shape index (κ1) is 15.1. The molecule has 0 aromatic carbocycles. The van der Waals surface area contributed by atoms with E-state index < -0.39 is 23.1 Å². The summed E-state index contributed by atoms with van der Waals surface area (Å²) in [6, 6.07) is 4.27. The highest BCUT2D eigenvalue weighted by molar-refractivity contribution is 6.03. The SMILES string of the molecule is O=C(Nc1ccc(C2(C(=O)O)CCC2)cn1)c1cncc(F)c1. The number of nitrogens with zero attached hydrogens (tertiary/aromatic N) is 2. The molecule has 0 atom stereocenters. The molecule has 2 aromatic rings. The summed E-state index contributed by atoms with van der Waals surface area (Å²) in [5.41, 5.74) is -0.152. The van der Waals surface area contributed by atoms with E-state index in [1.807, 2.05) is 0 Å². The van der Waals surface area contributed by atoms with E-state index in [2.05, 4.69) is 15.3 Å². The van der Waals surface area contributed by atoms with Crippen LogP contribution >= 0.6 is 0 Å². The minimum atomic E-state index is -0.859. The fourth-order valence-corrected chi connectivity index (χ4v) is 2.63. The lowest BCUT2D eigenvalue weighted by Crippen LogP contribution is -2.42. The number of rotatable bonds is 4. The summed E-state index contributed by atoms with van der Waals surface area (Å²) in [4.78, 5) is 31.1. The van der Waals surface area contributed by atoms with Gasteiger partial charge in [0.2, 0.25) is 0 Å². The average molecular weight is 315 g/mol. The predicted molar refractivity (Wildman–Crippen MR) is 79.6 cm³/mol. The Balaban J connectivity index is 1.75. The Hall–Kier alpha value is -2.83. The zero-order valence-corrected chi connectivity index (χ0v) is 12.1. The Morgan fingerprint density at radius 1 is 1.22 bits per heavy atom. The molecule has 3 rings (SSSR count). The van der Waals surface area contributed by atoms with Gasteiger partial charge in [0.05, 0.1) is 17.2 Å². The molecule has 2 N–H and O–H groups in total. The number of anilines is 1. The van der Waals surface area contributed by atoms with Gasteiger partial charge in [0.15, 0.2) is 0 Å². The van der Waals surface area contributed by atoms with Crippen molar-refractivity contribution in [2.24, 2.45) is 0 Å². The highest BCUT2D eigenvalue weighted by atomic mass is 19.1. The van der Waals surface area contributed by atoms with Crippen LogP contribution in [-0.2, 0) is 10.2 Å². The molecular formula is C16H14FN3O3. The van der Waals surface area contributed by atoms with Crippen molar-refractivity contribution in [2.75, 3.05) is 5.32 Å². The minimum Gasteiger partial charge on any atom is -0.481 e. The summed E-state index contributed by atoms with van der Waals surface area (Å²) in [5, 5.41) is 11.9. The van der Waals surface area contributed by atoms with Gasteiger partial charge >= 0.3 is 5.97 Å². The maximum Gasteiger partial charge on any atom is 0.314 e. The summed E-state index contributed by atoms with van der Waals surface area (Å²) >= 11 is 0. The van der Waals surface area contributed by atoms with Gasteiger partial charge in [-0.3, -0.25) is 14.6 Å². The van der Waals surface area contributed by atoms with Crippen molar-refractivity contribution >= 4 is 17.7 Å². The number of hydrogen-bond acceptors (Lipinski definition) is 4. The summed E-state index contributed by atoms with van der Waals surface area (Å²) < 4.78 is 13.1. The summed E-state index contributed by atoms with van der Waals surface area (Å²) in [7, 11) is 0.